The first-order chi connectivity index (χ1) is 17.2. The van der Waals surface area contributed by atoms with Crippen molar-refractivity contribution in [3.8, 4) is 28.6 Å². The fraction of sp³-hybridized carbons (Fsp3) is 0.423. The molecule has 1 aromatic heterocycles. The number of aromatic hydroxyl groups is 2. The van der Waals surface area contributed by atoms with Gasteiger partial charge >= 0.3 is 0 Å². The molecule has 1 aliphatic rings. The molecular formula is C26H33FN6O3. The SMILES string of the molecule is CCNC(=O)c1nnc(-c2cc(C(C)C)c(O)cc2O)n1-c1ccc(N2CCN(CC)CC2)cc1F. The lowest BCUT2D eigenvalue weighted by Gasteiger charge is -2.35. The quantitative estimate of drug-likeness (QED) is 0.460. The number of piperazine rings is 1. The molecule has 0 spiro atoms. The summed E-state index contributed by atoms with van der Waals surface area (Å²) in [5, 5.41) is 31.8. The van der Waals surface area contributed by atoms with E-state index in [1.807, 2.05) is 19.9 Å². The Morgan fingerprint density at radius 2 is 1.78 bits per heavy atom. The van der Waals surface area contributed by atoms with Gasteiger partial charge in [0.15, 0.2) is 5.82 Å². The topological polar surface area (TPSA) is 107 Å². The number of phenolic OH excluding ortho intramolecular Hbond substituents is 2. The molecule has 9 nitrogen and oxygen atoms in total. The zero-order valence-electron chi connectivity index (χ0n) is 21.1. The first-order valence-electron chi connectivity index (χ1n) is 12.3. The Bertz CT molecular complexity index is 1250. The number of hydrogen-bond acceptors (Lipinski definition) is 7. The molecule has 0 aliphatic carbocycles. The van der Waals surface area contributed by atoms with Gasteiger partial charge in [0.25, 0.3) is 5.91 Å². The molecule has 1 fully saturated rings. The summed E-state index contributed by atoms with van der Waals surface area (Å²) in [4.78, 5) is 17.3. The maximum Gasteiger partial charge on any atom is 0.289 e. The van der Waals surface area contributed by atoms with Crippen molar-refractivity contribution >= 4 is 11.6 Å². The number of likely N-dealkylation sites (N-methyl/N-ethyl adjacent to an activating group) is 1. The van der Waals surface area contributed by atoms with Crippen LogP contribution in [0.15, 0.2) is 30.3 Å². The second-order valence-electron chi connectivity index (χ2n) is 9.18. The van der Waals surface area contributed by atoms with Crippen LogP contribution >= 0.6 is 0 Å². The van der Waals surface area contributed by atoms with E-state index in [1.54, 1.807) is 19.1 Å². The van der Waals surface area contributed by atoms with Gasteiger partial charge in [-0.3, -0.25) is 9.36 Å². The molecule has 36 heavy (non-hydrogen) atoms. The standard InChI is InChI=1S/C26H33FN6O3/c1-5-28-26(36)25-30-29-24(19-14-18(16(3)4)22(34)15-23(19)35)33(25)21-8-7-17(13-20(21)27)32-11-9-31(6-2)10-12-32/h7-8,13-16,34-35H,5-6,9-12H2,1-4H3,(H,28,36). The Kier molecular flexibility index (Phi) is 7.44. The third-order valence-electron chi connectivity index (χ3n) is 6.57. The second kappa shape index (κ2) is 10.5. The summed E-state index contributed by atoms with van der Waals surface area (Å²) in [5.41, 5.74) is 1.67. The van der Waals surface area contributed by atoms with Gasteiger partial charge in [-0.1, -0.05) is 20.8 Å². The number of phenols is 2. The Morgan fingerprint density at radius 1 is 1.06 bits per heavy atom. The summed E-state index contributed by atoms with van der Waals surface area (Å²) < 4.78 is 17.0. The lowest BCUT2D eigenvalue weighted by molar-refractivity contribution is 0.0943. The van der Waals surface area contributed by atoms with E-state index in [0.29, 0.717) is 12.1 Å². The number of carbonyl (C=O) groups excluding carboxylic acids is 1. The zero-order valence-corrected chi connectivity index (χ0v) is 21.1. The van der Waals surface area contributed by atoms with Crippen molar-refractivity contribution in [1.29, 1.82) is 0 Å². The van der Waals surface area contributed by atoms with Crippen molar-refractivity contribution in [3.63, 3.8) is 0 Å². The largest absolute Gasteiger partial charge is 0.508 e. The molecule has 2 heterocycles. The van der Waals surface area contributed by atoms with Gasteiger partial charge in [0.05, 0.1) is 11.3 Å². The molecule has 3 N–H and O–H groups in total. The van der Waals surface area contributed by atoms with Crippen molar-refractivity contribution in [1.82, 2.24) is 25.0 Å². The fourth-order valence-electron chi connectivity index (χ4n) is 4.51. The van der Waals surface area contributed by atoms with E-state index < -0.39 is 11.7 Å². The van der Waals surface area contributed by atoms with Crippen molar-refractivity contribution in [2.45, 2.75) is 33.6 Å². The number of nitrogens with zero attached hydrogens (tertiary/aromatic N) is 5. The molecule has 0 saturated carbocycles. The third kappa shape index (κ3) is 4.86. The minimum atomic E-state index is -0.542. The minimum absolute atomic E-state index is 0.0484. The Hall–Kier alpha value is -3.66. The van der Waals surface area contributed by atoms with Crippen molar-refractivity contribution in [2.24, 2.45) is 0 Å². The third-order valence-corrected chi connectivity index (χ3v) is 6.57. The predicted molar refractivity (Wildman–Crippen MR) is 137 cm³/mol. The van der Waals surface area contributed by atoms with Crippen LogP contribution in [0.1, 0.15) is 49.8 Å². The summed E-state index contributed by atoms with van der Waals surface area (Å²) in [5.74, 6) is -1.42. The van der Waals surface area contributed by atoms with E-state index in [0.717, 1.165) is 38.4 Å². The first-order valence-corrected chi connectivity index (χ1v) is 12.3. The lowest BCUT2D eigenvalue weighted by Crippen LogP contribution is -2.46. The number of carbonyl (C=O) groups is 1. The van der Waals surface area contributed by atoms with E-state index in [9.17, 15) is 15.0 Å². The molecule has 0 unspecified atom stereocenters. The predicted octanol–water partition coefficient (Wildman–Crippen LogP) is 3.50. The van der Waals surface area contributed by atoms with E-state index in [-0.39, 0.29) is 40.3 Å². The van der Waals surface area contributed by atoms with Gasteiger partial charge < -0.3 is 25.3 Å². The molecule has 192 valence electrons. The van der Waals surface area contributed by atoms with Crippen molar-refractivity contribution < 1.29 is 19.4 Å². The van der Waals surface area contributed by atoms with Crippen molar-refractivity contribution in [2.75, 3.05) is 44.2 Å². The molecule has 2 aromatic carbocycles. The van der Waals surface area contributed by atoms with E-state index in [1.165, 1.54) is 16.7 Å². The number of benzene rings is 2. The highest BCUT2D eigenvalue weighted by Crippen LogP contribution is 2.38. The lowest BCUT2D eigenvalue weighted by atomic mass is 9.98. The molecule has 3 aromatic rings. The number of rotatable bonds is 7. The smallest absolute Gasteiger partial charge is 0.289 e. The monoisotopic (exact) mass is 496 g/mol. The molecule has 1 amide bonds. The van der Waals surface area contributed by atoms with Crippen LogP contribution in [0.4, 0.5) is 10.1 Å². The van der Waals surface area contributed by atoms with Crippen LogP contribution < -0.4 is 10.2 Å². The summed E-state index contributed by atoms with van der Waals surface area (Å²) in [7, 11) is 0. The molecular weight excluding hydrogens is 463 g/mol. The van der Waals surface area contributed by atoms with Crippen LogP contribution in [0, 0.1) is 5.82 Å². The first kappa shape index (κ1) is 25.4. The van der Waals surface area contributed by atoms with Crippen LogP contribution in [0.25, 0.3) is 17.1 Å². The molecule has 1 aliphatic heterocycles. The van der Waals surface area contributed by atoms with Gasteiger partial charge in [0, 0.05) is 44.5 Å². The van der Waals surface area contributed by atoms with Crippen LogP contribution in [0.2, 0.25) is 0 Å². The Morgan fingerprint density at radius 3 is 2.39 bits per heavy atom. The Labute approximate surface area is 210 Å². The van der Waals surface area contributed by atoms with Crippen molar-refractivity contribution in [3.05, 3.63) is 47.5 Å². The average molecular weight is 497 g/mol. The highest BCUT2D eigenvalue weighted by molar-refractivity contribution is 5.92. The second-order valence-corrected chi connectivity index (χ2v) is 9.18. The summed E-state index contributed by atoms with van der Waals surface area (Å²) in [6.07, 6.45) is 0. The highest BCUT2D eigenvalue weighted by Gasteiger charge is 2.26. The summed E-state index contributed by atoms with van der Waals surface area (Å²) in [6, 6.07) is 7.70. The number of hydrogen-bond donors (Lipinski definition) is 3. The summed E-state index contributed by atoms with van der Waals surface area (Å²) in [6.45, 7) is 12.5. The molecule has 0 bridgehead atoms. The van der Waals surface area contributed by atoms with Crippen LogP contribution in [-0.2, 0) is 0 Å². The van der Waals surface area contributed by atoms with E-state index in [4.69, 9.17) is 0 Å². The van der Waals surface area contributed by atoms with Gasteiger partial charge in [0.2, 0.25) is 5.82 Å². The Balaban J connectivity index is 1.82. The minimum Gasteiger partial charge on any atom is -0.508 e. The highest BCUT2D eigenvalue weighted by atomic mass is 19.1. The maximum atomic E-state index is 15.7. The summed E-state index contributed by atoms with van der Waals surface area (Å²) >= 11 is 0. The number of aromatic nitrogens is 3. The molecule has 0 radical (unpaired) electrons. The number of halogens is 1. The molecule has 0 atom stereocenters. The average Bonchev–Trinajstić information content (AvgIpc) is 3.28. The van der Waals surface area contributed by atoms with Gasteiger partial charge in [-0.25, -0.2) is 4.39 Å². The zero-order chi connectivity index (χ0) is 26.0. The van der Waals surface area contributed by atoms with E-state index in [2.05, 4.69) is 32.2 Å². The van der Waals surface area contributed by atoms with Crippen LogP contribution in [0.3, 0.4) is 0 Å². The molecule has 1 saturated heterocycles. The van der Waals surface area contributed by atoms with E-state index >= 15 is 4.39 Å². The molecule has 10 heteroatoms. The normalized spacial score (nSPS) is 14.4. The molecule has 4 rings (SSSR count). The van der Waals surface area contributed by atoms with Crippen LogP contribution in [0.5, 0.6) is 11.5 Å². The van der Waals surface area contributed by atoms with Gasteiger partial charge in [-0.2, -0.15) is 0 Å². The fourth-order valence-corrected chi connectivity index (χ4v) is 4.51. The van der Waals surface area contributed by atoms with Gasteiger partial charge in [-0.05, 0) is 49.2 Å². The number of amides is 1. The number of anilines is 1. The van der Waals surface area contributed by atoms with Gasteiger partial charge in [-0.15, -0.1) is 10.2 Å². The van der Waals surface area contributed by atoms with Crippen LogP contribution in [-0.4, -0.2) is 75.1 Å². The maximum absolute atomic E-state index is 15.7. The van der Waals surface area contributed by atoms with Gasteiger partial charge in [0.1, 0.15) is 17.3 Å². The number of nitrogens with one attached hydrogen (secondary N) is 1.